The highest BCUT2D eigenvalue weighted by atomic mass is 28.4. The highest BCUT2D eigenvalue weighted by molar-refractivity contribution is 6.74. The maximum atomic E-state index is 14.3. The monoisotopic (exact) mass is 599 g/mol. The van der Waals surface area contributed by atoms with Crippen LogP contribution in [-0.2, 0) is 31.7 Å². The molecule has 0 bridgehead atoms. The number of benzene rings is 2. The summed E-state index contributed by atoms with van der Waals surface area (Å²) >= 11 is 0. The number of carbonyl (C=O) groups is 2. The third kappa shape index (κ3) is 8.75. The third-order valence-corrected chi connectivity index (χ3v) is 12.3. The minimum absolute atomic E-state index is 0.0524. The normalized spacial score (nSPS) is 18.9. The van der Waals surface area contributed by atoms with Crippen LogP contribution in [0, 0.1) is 0 Å². The molecule has 10 heteroatoms. The Bertz CT molecular complexity index is 1190. The van der Waals surface area contributed by atoms with E-state index in [1.54, 1.807) is 25.3 Å². The van der Waals surface area contributed by atoms with Gasteiger partial charge in [0.15, 0.2) is 14.4 Å². The number of nitrogens with zero attached hydrogens (tertiary/aromatic N) is 1. The molecule has 3 rings (SSSR count). The molecule has 0 radical (unpaired) electrons. The van der Waals surface area contributed by atoms with Gasteiger partial charge < -0.3 is 28.8 Å². The number of hydrogen-bond donors (Lipinski definition) is 2. The van der Waals surface area contributed by atoms with Gasteiger partial charge in [0.05, 0.1) is 38.1 Å². The van der Waals surface area contributed by atoms with Crippen molar-refractivity contribution in [3.05, 3.63) is 77.9 Å². The molecule has 2 aromatic rings. The fourth-order valence-electron chi connectivity index (χ4n) is 4.22. The Morgan fingerprint density at radius 1 is 1.07 bits per heavy atom. The van der Waals surface area contributed by atoms with Gasteiger partial charge in [0, 0.05) is 0 Å². The van der Waals surface area contributed by atoms with Crippen LogP contribution < -0.4 is 4.74 Å². The first kappa shape index (κ1) is 33.5. The molecule has 9 nitrogen and oxygen atoms in total. The summed E-state index contributed by atoms with van der Waals surface area (Å²) in [6, 6.07) is 16.3. The standard InChI is InChI=1S/C32H45NO8Si/c1-22(34)27(35)17-18-28(41-42(6,7)32(2,3)4)29(39-20-24-13-15-26(38-5)16-14-24)30(36)33-25(21-40-31(33)37)19-23-11-9-8-10-12-23/h8-18,22,25,27-29,34-35H,19-21H2,1-7H3/b18-17+/t22-,25-,27-,28+,29-/m0/s1. The first-order valence-electron chi connectivity index (χ1n) is 14.2. The number of amides is 2. The Balaban J connectivity index is 2.01. The summed E-state index contributed by atoms with van der Waals surface area (Å²) in [4.78, 5) is 28.4. The molecular formula is C32H45NO8Si. The van der Waals surface area contributed by atoms with E-state index >= 15 is 0 Å². The molecule has 230 valence electrons. The Morgan fingerprint density at radius 3 is 2.29 bits per heavy atom. The van der Waals surface area contributed by atoms with Crippen molar-refractivity contribution >= 4 is 20.3 Å². The Morgan fingerprint density at radius 2 is 1.71 bits per heavy atom. The van der Waals surface area contributed by atoms with E-state index in [1.165, 1.54) is 13.0 Å². The highest BCUT2D eigenvalue weighted by Gasteiger charge is 2.46. The fraction of sp³-hybridized carbons (Fsp3) is 0.500. The number of cyclic esters (lactones) is 1. The van der Waals surface area contributed by atoms with Crippen LogP contribution in [0.3, 0.4) is 0 Å². The van der Waals surface area contributed by atoms with Gasteiger partial charge in [-0.05, 0) is 54.7 Å². The van der Waals surface area contributed by atoms with Gasteiger partial charge in [-0.1, -0.05) is 75.4 Å². The molecule has 1 aliphatic rings. The molecule has 2 aromatic carbocycles. The van der Waals surface area contributed by atoms with Gasteiger partial charge in [0.1, 0.15) is 12.4 Å². The molecule has 1 aliphatic heterocycles. The predicted molar refractivity (Wildman–Crippen MR) is 163 cm³/mol. The summed E-state index contributed by atoms with van der Waals surface area (Å²) in [5.41, 5.74) is 1.75. The summed E-state index contributed by atoms with van der Waals surface area (Å²) in [5, 5.41) is 20.1. The molecule has 1 heterocycles. The Kier molecular flexibility index (Phi) is 11.5. The first-order valence-corrected chi connectivity index (χ1v) is 17.1. The molecule has 0 saturated carbocycles. The van der Waals surface area contributed by atoms with Crippen LogP contribution in [0.5, 0.6) is 5.75 Å². The van der Waals surface area contributed by atoms with E-state index in [2.05, 4.69) is 20.8 Å². The van der Waals surface area contributed by atoms with Gasteiger partial charge in [-0.3, -0.25) is 4.79 Å². The zero-order valence-corrected chi connectivity index (χ0v) is 26.7. The Hall–Kier alpha value is -3.02. The van der Waals surface area contributed by atoms with Crippen LogP contribution in [0.25, 0.3) is 0 Å². The zero-order chi connectivity index (χ0) is 31.1. The molecule has 0 spiro atoms. The van der Waals surface area contributed by atoms with E-state index in [-0.39, 0.29) is 18.3 Å². The molecule has 0 aromatic heterocycles. The van der Waals surface area contributed by atoms with Crippen molar-refractivity contribution in [1.82, 2.24) is 4.90 Å². The van der Waals surface area contributed by atoms with Crippen LogP contribution >= 0.6 is 0 Å². The second-order valence-electron chi connectivity index (χ2n) is 12.2. The molecular weight excluding hydrogens is 554 g/mol. The van der Waals surface area contributed by atoms with E-state index < -0.39 is 50.8 Å². The van der Waals surface area contributed by atoms with Crippen LogP contribution in [0.15, 0.2) is 66.7 Å². The van der Waals surface area contributed by atoms with E-state index in [9.17, 15) is 19.8 Å². The number of imide groups is 1. The summed E-state index contributed by atoms with van der Waals surface area (Å²) in [5.74, 6) is 0.0935. The SMILES string of the molecule is COc1ccc(CO[C@H](C(=O)N2C(=O)OC[C@@H]2Cc2ccccc2)[C@@H](/C=C/[C@H](O)[C@H](C)O)O[Si](C)(C)C(C)(C)C)cc1. The van der Waals surface area contributed by atoms with Gasteiger partial charge >= 0.3 is 6.09 Å². The van der Waals surface area contributed by atoms with Crippen LogP contribution in [0.2, 0.25) is 18.1 Å². The minimum atomic E-state index is -2.51. The smallest absolute Gasteiger partial charge is 0.417 e. The molecule has 0 unspecified atom stereocenters. The number of methoxy groups -OCH3 is 1. The van der Waals surface area contributed by atoms with Gasteiger partial charge in [-0.15, -0.1) is 0 Å². The average molecular weight is 600 g/mol. The molecule has 1 saturated heterocycles. The maximum Gasteiger partial charge on any atom is 0.417 e. The molecule has 0 aliphatic carbocycles. The number of hydrogen-bond acceptors (Lipinski definition) is 8. The average Bonchev–Trinajstić information content (AvgIpc) is 3.30. The van der Waals surface area contributed by atoms with E-state index in [0.717, 1.165) is 16.0 Å². The fourth-order valence-corrected chi connectivity index (χ4v) is 5.46. The van der Waals surface area contributed by atoms with Crippen molar-refractivity contribution < 1.29 is 38.4 Å². The molecule has 2 N–H and O–H groups in total. The molecule has 42 heavy (non-hydrogen) atoms. The summed E-state index contributed by atoms with van der Waals surface area (Å²) in [6.45, 7) is 11.9. The lowest BCUT2D eigenvalue weighted by Crippen LogP contribution is -2.54. The number of aliphatic hydroxyl groups is 2. The van der Waals surface area contributed by atoms with E-state index in [1.807, 2.05) is 55.6 Å². The van der Waals surface area contributed by atoms with Crippen molar-refractivity contribution in [2.75, 3.05) is 13.7 Å². The van der Waals surface area contributed by atoms with Crippen molar-refractivity contribution in [2.24, 2.45) is 0 Å². The topological polar surface area (TPSA) is 115 Å². The quantitative estimate of drug-likeness (QED) is 0.248. The van der Waals surface area contributed by atoms with Crippen molar-refractivity contribution in [1.29, 1.82) is 0 Å². The number of rotatable bonds is 13. The van der Waals surface area contributed by atoms with Gasteiger partial charge in [0.2, 0.25) is 0 Å². The van der Waals surface area contributed by atoms with Gasteiger partial charge in [-0.2, -0.15) is 0 Å². The predicted octanol–water partition coefficient (Wildman–Crippen LogP) is 4.86. The number of ether oxygens (including phenoxy) is 3. The second kappa shape index (κ2) is 14.4. The molecule has 5 atom stereocenters. The third-order valence-electron chi connectivity index (χ3n) is 7.87. The van der Waals surface area contributed by atoms with Crippen molar-refractivity contribution in [3.8, 4) is 5.75 Å². The van der Waals surface area contributed by atoms with Crippen molar-refractivity contribution in [2.45, 2.75) is 89.3 Å². The first-order chi connectivity index (χ1) is 19.7. The minimum Gasteiger partial charge on any atom is -0.497 e. The van der Waals surface area contributed by atoms with Crippen LogP contribution in [0.1, 0.15) is 38.8 Å². The summed E-state index contributed by atoms with van der Waals surface area (Å²) in [7, 11) is -0.928. The summed E-state index contributed by atoms with van der Waals surface area (Å²) < 4.78 is 23.6. The second-order valence-corrected chi connectivity index (χ2v) is 16.9. The summed E-state index contributed by atoms with van der Waals surface area (Å²) in [6.07, 6.45) is -1.78. The lowest BCUT2D eigenvalue weighted by atomic mass is 10.0. The molecule has 2 amide bonds. The van der Waals surface area contributed by atoms with E-state index in [0.29, 0.717) is 12.2 Å². The van der Waals surface area contributed by atoms with Gasteiger partial charge in [-0.25, -0.2) is 9.69 Å². The van der Waals surface area contributed by atoms with E-state index in [4.69, 9.17) is 18.6 Å². The van der Waals surface area contributed by atoms with Crippen LogP contribution in [-0.4, -0.2) is 79.6 Å². The number of carbonyl (C=O) groups excluding carboxylic acids is 2. The largest absolute Gasteiger partial charge is 0.497 e. The molecule has 1 fully saturated rings. The lowest BCUT2D eigenvalue weighted by molar-refractivity contribution is -0.147. The zero-order valence-electron chi connectivity index (χ0n) is 25.7. The van der Waals surface area contributed by atoms with Crippen molar-refractivity contribution in [3.63, 3.8) is 0 Å². The Labute approximate surface area is 250 Å². The number of aliphatic hydroxyl groups excluding tert-OH is 2. The van der Waals surface area contributed by atoms with Gasteiger partial charge in [0.25, 0.3) is 5.91 Å². The van der Waals surface area contributed by atoms with Crippen LogP contribution in [0.4, 0.5) is 4.79 Å². The lowest BCUT2D eigenvalue weighted by Gasteiger charge is -2.40. The maximum absolute atomic E-state index is 14.3. The highest BCUT2D eigenvalue weighted by Crippen LogP contribution is 2.38.